The van der Waals surface area contributed by atoms with Crippen molar-refractivity contribution in [1.29, 1.82) is 0 Å². The normalized spacial score (nSPS) is 22.0. The lowest BCUT2D eigenvalue weighted by molar-refractivity contribution is -0.225. The van der Waals surface area contributed by atoms with Crippen LogP contribution in [-0.4, -0.2) is 37.1 Å². The zero-order valence-electron chi connectivity index (χ0n) is 20.0. The maximum Gasteiger partial charge on any atom is 0.218 e. The maximum absolute atomic E-state index is 11.8. The Bertz CT molecular complexity index is 1020. The number of hydrogen-bond acceptors (Lipinski definition) is 5. The highest BCUT2D eigenvalue weighted by atomic mass is 16.6. The largest absolute Gasteiger partial charge is 0.374 e. The number of rotatable bonds is 11. The molecule has 1 heterocycles. The first-order chi connectivity index (χ1) is 17.2. The first kappa shape index (κ1) is 25.1. The van der Waals surface area contributed by atoms with Crippen molar-refractivity contribution in [3.63, 3.8) is 0 Å². The molecule has 1 aliphatic rings. The van der Waals surface area contributed by atoms with Crippen molar-refractivity contribution in [1.82, 2.24) is 5.32 Å². The minimum absolute atomic E-state index is 0.149. The highest BCUT2D eigenvalue weighted by Crippen LogP contribution is 2.27. The third-order valence-electron chi connectivity index (χ3n) is 5.87. The van der Waals surface area contributed by atoms with Crippen LogP contribution in [0.2, 0.25) is 0 Å². The van der Waals surface area contributed by atoms with Crippen LogP contribution in [0, 0.1) is 0 Å². The average Bonchev–Trinajstić information content (AvgIpc) is 2.88. The zero-order chi connectivity index (χ0) is 24.3. The summed E-state index contributed by atoms with van der Waals surface area (Å²) in [5, 5.41) is 2.89. The standard InChI is InChI=1S/C29H33NO5/c1-22(31)30-28-17-26(33-19-24-13-7-3-8-14-24)29(34-20-25-15-9-4-10-16-25)27(35-28)21-32-18-23-11-5-2-6-12-23/h2-16,26-29H,17-21H2,1H3,(H,30,31)/t26-,27-,28+,29+/m1/s1. The van der Waals surface area contributed by atoms with Gasteiger partial charge in [-0.15, -0.1) is 0 Å². The molecule has 1 saturated heterocycles. The van der Waals surface area contributed by atoms with Gasteiger partial charge in [0.2, 0.25) is 5.91 Å². The minimum Gasteiger partial charge on any atom is -0.374 e. The number of nitrogens with one attached hydrogen (secondary N) is 1. The van der Waals surface area contributed by atoms with Crippen LogP contribution in [0.15, 0.2) is 91.0 Å². The van der Waals surface area contributed by atoms with Crippen molar-refractivity contribution < 1.29 is 23.7 Å². The Morgan fingerprint density at radius 1 is 0.800 bits per heavy atom. The van der Waals surface area contributed by atoms with E-state index >= 15 is 0 Å². The van der Waals surface area contributed by atoms with Crippen LogP contribution in [0.3, 0.4) is 0 Å². The third kappa shape index (κ3) is 8.01. The van der Waals surface area contributed by atoms with E-state index in [9.17, 15) is 4.79 Å². The SMILES string of the molecule is CC(=O)N[C@@H]1C[C@@H](OCc2ccccc2)[C@H](OCc2ccccc2)[C@@H](COCc2ccccc2)O1. The van der Waals surface area contributed by atoms with Gasteiger partial charge in [0.15, 0.2) is 0 Å². The van der Waals surface area contributed by atoms with Crippen LogP contribution < -0.4 is 5.32 Å². The third-order valence-corrected chi connectivity index (χ3v) is 5.87. The van der Waals surface area contributed by atoms with E-state index < -0.39 is 12.3 Å². The van der Waals surface area contributed by atoms with Crippen LogP contribution in [-0.2, 0) is 43.6 Å². The van der Waals surface area contributed by atoms with Crippen molar-refractivity contribution in [2.75, 3.05) is 6.61 Å². The molecule has 1 fully saturated rings. The van der Waals surface area contributed by atoms with Gasteiger partial charge < -0.3 is 24.3 Å². The first-order valence-corrected chi connectivity index (χ1v) is 12.0. The summed E-state index contributed by atoms with van der Waals surface area (Å²) in [5.41, 5.74) is 3.23. The Kier molecular flexibility index (Phi) is 9.43. The van der Waals surface area contributed by atoms with Gasteiger partial charge in [0.25, 0.3) is 0 Å². The summed E-state index contributed by atoms with van der Waals surface area (Å²) < 4.78 is 25.1. The predicted molar refractivity (Wildman–Crippen MR) is 133 cm³/mol. The highest BCUT2D eigenvalue weighted by Gasteiger charge is 2.41. The molecule has 1 amide bonds. The fourth-order valence-electron chi connectivity index (χ4n) is 4.17. The summed E-state index contributed by atoms with van der Waals surface area (Å²) in [4.78, 5) is 11.8. The van der Waals surface area contributed by atoms with E-state index in [1.807, 2.05) is 91.0 Å². The van der Waals surface area contributed by atoms with E-state index in [1.165, 1.54) is 6.92 Å². The molecule has 0 spiro atoms. The quantitative estimate of drug-likeness (QED) is 0.438. The first-order valence-electron chi connectivity index (χ1n) is 12.0. The van der Waals surface area contributed by atoms with Crippen molar-refractivity contribution in [2.45, 2.75) is 57.7 Å². The lowest BCUT2D eigenvalue weighted by atomic mass is 10.00. The van der Waals surface area contributed by atoms with Crippen LogP contribution in [0.4, 0.5) is 0 Å². The summed E-state index contributed by atoms with van der Waals surface area (Å²) >= 11 is 0. The van der Waals surface area contributed by atoms with E-state index in [-0.39, 0.29) is 18.1 Å². The highest BCUT2D eigenvalue weighted by molar-refractivity contribution is 5.73. The average molecular weight is 476 g/mol. The molecule has 3 aromatic rings. The van der Waals surface area contributed by atoms with Gasteiger partial charge >= 0.3 is 0 Å². The zero-order valence-corrected chi connectivity index (χ0v) is 20.0. The van der Waals surface area contributed by atoms with E-state index in [1.54, 1.807) is 0 Å². The Balaban J connectivity index is 1.48. The van der Waals surface area contributed by atoms with Gasteiger partial charge in [0, 0.05) is 13.3 Å². The molecular formula is C29H33NO5. The second-order valence-electron chi connectivity index (χ2n) is 8.70. The monoisotopic (exact) mass is 475 g/mol. The summed E-state index contributed by atoms with van der Waals surface area (Å²) in [7, 11) is 0. The molecule has 0 saturated carbocycles. The number of carbonyl (C=O) groups is 1. The van der Waals surface area contributed by atoms with Crippen molar-refractivity contribution in [3.8, 4) is 0 Å². The van der Waals surface area contributed by atoms with E-state index in [4.69, 9.17) is 18.9 Å². The minimum atomic E-state index is -0.477. The number of benzene rings is 3. The Morgan fingerprint density at radius 2 is 1.31 bits per heavy atom. The van der Waals surface area contributed by atoms with Gasteiger partial charge in [-0.2, -0.15) is 0 Å². The summed E-state index contributed by atoms with van der Waals surface area (Å²) in [6.45, 7) is 3.14. The smallest absolute Gasteiger partial charge is 0.218 e. The molecular weight excluding hydrogens is 442 g/mol. The molecule has 4 atom stereocenters. The van der Waals surface area contributed by atoms with Crippen LogP contribution in [0.5, 0.6) is 0 Å². The molecule has 0 bridgehead atoms. The predicted octanol–water partition coefficient (Wildman–Crippen LogP) is 4.63. The summed E-state index contributed by atoms with van der Waals surface area (Å²) in [6, 6.07) is 30.1. The molecule has 3 aromatic carbocycles. The lowest BCUT2D eigenvalue weighted by Crippen LogP contribution is -2.56. The second-order valence-corrected chi connectivity index (χ2v) is 8.70. The topological polar surface area (TPSA) is 66.0 Å². The van der Waals surface area contributed by atoms with Gasteiger partial charge in [0.05, 0.1) is 32.5 Å². The molecule has 0 aliphatic carbocycles. The molecule has 0 unspecified atom stereocenters. The van der Waals surface area contributed by atoms with Gasteiger partial charge in [-0.05, 0) is 16.7 Å². The number of amides is 1. The number of hydrogen-bond donors (Lipinski definition) is 1. The Labute approximate surface area is 207 Å². The number of ether oxygens (including phenoxy) is 4. The Hall–Kier alpha value is -3.03. The lowest BCUT2D eigenvalue weighted by Gasteiger charge is -2.41. The van der Waals surface area contributed by atoms with Gasteiger partial charge in [-0.25, -0.2) is 0 Å². The molecule has 1 aliphatic heterocycles. The molecule has 6 nitrogen and oxygen atoms in total. The van der Waals surface area contributed by atoms with Gasteiger partial charge in [-0.3, -0.25) is 4.79 Å². The number of carbonyl (C=O) groups excluding carboxylic acids is 1. The van der Waals surface area contributed by atoms with E-state index in [0.29, 0.717) is 32.8 Å². The molecule has 6 heteroatoms. The van der Waals surface area contributed by atoms with Crippen molar-refractivity contribution >= 4 is 5.91 Å². The maximum atomic E-state index is 11.8. The van der Waals surface area contributed by atoms with Gasteiger partial charge in [0.1, 0.15) is 18.4 Å². The molecule has 0 aromatic heterocycles. The van der Waals surface area contributed by atoms with Crippen LogP contribution in [0.1, 0.15) is 30.0 Å². The van der Waals surface area contributed by atoms with E-state index in [2.05, 4.69) is 5.32 Å². The second kappa shape index (κ2) is 13.2. The summed E-state index contributed by atoms with van der Waals surface area (Å²) in [5.74, 6) is -0.149. The van der Waals surface area contributed by atoms with Crippen molar-refractivity contribution in [2.24, 2.45) is 0 Å². The fourth-order valence-corrected chi connectivity index (χ4v) is 4.17. The molecule has 0 radical (unpaired) electrons. The van der Waals surface area contributed by atoms with Crippen molar-refractivity contribution in [3.05, 3.63) is 108 Å². The van der Waals surface area contributed by atoms with Crippen LogP contribution >= 0.6 is 0 Å². The van der Waals surface area contributed by atoms with Crippen LogP contribution in [0.25, 0.3) is 0 Å². The van der Waals surface area contributed by atoms with Gasteiger partial charge in [-0.1, -0.05) is 91.0 Å². The fraction of sp³-hybridized carbons (Fsp3) is 0.345. The molecule has 184 valence electrons. The molecule has 4 rings (SSSR count). The molecule has 35 heavy (non-hydrogen) atoms. The Morgan fingerprint density at radius 3 is 1.86 bits per heavy atom. The molecule has 1 N–H and O–H groups in total. The van der Waals surface area contributed by atoms with E-state index in [0.717, 1.165) is 16.7 Å². The summed E-state index contributed by atoms with van der Waals surface area (Å²) in [6.07, 6.45) is -1.04.